The molecule has 1 aromatic heterocycles. The van der Waals surface area contributed by atoms with Crippen molar-refractivity contribution in [1.29, 1.82) is 0 Å². The lowest BCUT2D eigenvalue weighted by molar-refractivity contribution is -0.117. The highest BCUT2D eigenvalue weighted by Crippen LogP contribution is 2.27. The number of hydrogen-bond donors (Lipinski definition) is 1. The third-order valence-electron chi connectivity index (χ3n) is 5.48. The lowest BCUT2D eigenvalue weighted by atomic mass is 9.90. The van der Waals surface area contributed by atoms with Crippen molar-refractivity contribution in [3.05, 3.63) is 81.6 Å². The molecule has 3 aromatic rings. The van der Waals surface area contributed by atoms with Crippen LogP contribution >= 0.6 is 0 Å². The predicted octanol–water partition coefficient (Wildman–Crippen LogP) is 3.99. The third kappa shape index (κ3) is 3.99. The van der Waals surface area contributed by atoms with Crippen molar-refractivity contribution in [2.24, 2.45) is 0 Å². The van der Waals surface area contributed by atoms with E-state index >= 15 is 0 Å². The van der Waals surface area contributed by atoms with Crippen molar-refractivity contribution in [1.82, 2.24) is 9.78 Å². The Kier molecular flexibility index (Phi) is 5.56. The molecule has 2 aromatic carbocycles. The van der Waals surface area contributed by atoms with Gasteiger partial charge in [-0.05, 0) is 49.3 Å². The number of benzene rings is 2. The maximum Gasteiger partial charge on any atom is 0.270 e. The minimum absolute atomic E-state index is 0.0933. The highest BCUT2D eigenvalue weighted by Gasteiger charge is 2.22. The molecular formula is C24H25N3O2. The van der Waals surface area contributed by atoms with Crippen LogP contribution in [0, 0.1) is 0 Å². The molecule has 1 aliphatic rings. The lowest BCUT2D eigenvalue weighted by Crippen LogP contribution is -2.34. The largest absolute Gasteiger partial charge is 0.324 e. The number of fused-ring (bicyclic) bond motifs is 1. The summed E-state index contributed by atoms with van der Waals surface area (Å²) in [6.07, 6.45) is 4.49. The summed E-state index contributed by atoms with van der Waals surface area (Å²) in [5.74, 6) is -0.240. The maximum absolute atomic E-state index is 13.0. The van der Waals surface area contributed by atoms with Crippen LogP contribution in [0.1, 0.15) is 36.5 Å². The average Bonchev–Trinajstić information content (AvgIpc) is 2.76. The monoisotopic (exact) mass is 387 g/mol. The Morgan fingerprint density at radius 1 is 1.00 bits per heavy atom. The lowest BCUT2D eigenvalue weighted by Gasteiger charge is -2.20. The molecule has 0 saturated heterocycles. The molecule has 0 radical (unpaired) electrons. The summed E-state index contributed by atoms with van der Waals surface area (Å²) in [6, 6.07) is 17.6. The van der Waals surface area contributed by atoms with E-state index in [0.29, 0.717) is 0 Å². The average molecular weight is 387 g/mol. The summed E-state index contributed by atoms with van der Waals surface area (Å²) in [6.45, 7) is 1.96. The number of hydrogen-bond acceptors (Lipinski definition) is 3. The van der Waals surface area contributed by atoms with Gasteiger partial charge in [0.2, 0.25) is 5.91 Å². The number of nitrogens with one attached hydrogen (secondary N) is 1. The van der Waals surface area contributed by atoms with Crippen molar-refractivity contribution in [2.45, 2.75) is 45.6 Å². The number of anilines is 1. The van der Waals surface area contributed by atoms with E-state index in [2.05, 4.69) is 10.4 Å². The Morgan fingerprint density at radius 3 is 2.45 bits per heavy atom. The van der Waals surface area contributed by atoms with E-state index < -0.39 is 0 Å². The fraction of sp³-hybridized carbons (Fsp3) is 0.292. The number of carbonyl (C=O) groups excluding carboxylic acids is 1. The van der Waals surface area contributed by atoms with Gasteiger partial charge < -0.3 is 5.32 Å². The molecule has 29 heavy (non-hydrogen) atoms. The number of nitrogens with zero attached hydrogens (tertiary/aromatic N) is 2. The van der Waals surface area contributed by atoms with Gasteiger partial charge in [-0.1, -0.05) is 55.5 Å². The highest BCUT2D eigenvalue weighted by atomic mass is 16.2. The van der Waals surface area contributed by atoms with Gasteiger partial charge in [0, 0.05) is 16.8 Å². The predicted molar refractivity (Wildman–Crippen MR) is 115 cm³/mol. The zero-order chi connectivity index (χ0) is 20.2. The summed E-state index contributed by atoms with van der Waals surface area (Å²) >= 11 is 0. The van der Waals surface area contributed by atoms with Crippen LogP contribution in [-0.2, 0) is 30.6 Å². The number of rotatable bonds is 5. The summed E-state index contributed by atoms with van der Waals surface area (Å²) in [4.78, 5) is 25.7. The van der Waals surface area contributed by atoms with Gasteiger partial charge in [0.1, 0.15) is 6.54 Å². The van der Waals surface area contributed by atoms with Gasteiger partial charge in [-0.15, -0.1) is 0 Å². The van der Waals surface area contributed by atoms with Crippen LogP contribution < -0.4 is 10.9 Å². The van der Waals surface area contributed by atoms with E-state index in [0.717, 1.165) is 65.7 Å². The Hall–Kier alpha value is -3.21. The normalized spacial score (nSPS) is 13.0. The van der Waals surface area contributed by atoms with Gasteiger partial charge in [-0.25, -0.2) is 4.68 Å². The second-order valence-electron chi connectivity index (χ2n) is 7.40. The minimum atomic E-state index is -0.240. The zero-order valence-electron chi connectivity index (χ0n) is 16.6. The highest BCUT2D eigenvalue weighted by molar-refractivity contribution is 5.91. The van der Waals surface area contributed by atoms with Crippen LogP contribution in [0.25, 0.3) is 11.3 Å². The second kappa shape index (κ2) is 8.43. The molecule has 0 unspecified atom stereocenters. The zero-order valence-corrected chi connectivity index (χ0v) is 16.6. The van der Waals surface area contributed by atoms with E-state index in [1.165, 1.54) is 4.68 Å². The molecule has 1 amide bonds. The fourth-order valence-electron chi connectivity index (χ4n) is 4.00. The Morgan fingerprint density at radius 2 is 1.69 bits per heavy atom. The smallest absolute Gasteiger partial charge is 0.270 e. The molecule has 0 spiro atoms. The fourth-order valence-corrected chi connectivity index (χ4v) is 4.00. The number of carbonyl (C=O) groups is 1. The number of aryl methyl sites for hydroxylation is 1. The summed E-state index contributed by atoms with van der Waals surface area (Å²) in [5.41, 5.74) is 5.37. The second-order valence-corrected chi connectivity index (χ2v) is 7.40. The van der Waals surface area contributed by atoms with Crippen LogP contribution in [0.4, 0.5) is 5.69 Å². The molecule has 4 rings (SSSR count). The van der Waals surface area contributed by atoms with Crippen molar-refractivity contribution < 1.29 is 4.79 Å². The van der Waals surface area contributed by atoms with Gasteiger partial charge >= 0.3 is 0 Å². The van der Waals surface area contributed by atoms with Gasteiger partial charge in [-0.2, -0.15) is 5.10 Å². The quantitative estimate of drug-likeness (QED) is 0.720. The van der Waals surface area contributed by atoms with Crippen molar-refractivity contribution in [3.63, 3.8) is 0 Å². The molecule has 5 heteroatoms. The number of amides is 1. The Labute approximate surface area is 170 Å². The molecule has 0 bridgehead atoms. The SMILES string of the molecule is CCc1ccccc1NC(=O)Cn1nc(-c2ccccc2)c2c(c1=O)CCCC2. The van der Waals surface area contributed by atoms with E-state index in [1.807, 2.05) is 61.5 Å². The first-order valence-corrected chi connectivity index (χ1v) is 10.2. The van der Waals surface area contributed by atoms with Gasteiger partial charge in [0.15, 0.2) is 0 Å². The standard InChI is InChI=1S/C24H25N3O2/c1-2-17-10-6-9-15-21(17)25-22(28)16-27-24(29)20-14-8-7-13-19(20)23(26-27)18-11-4-3-5-12-18/h3-6,9-12,15H,2,7-8,13-14,16H2,1H3,(H,25,28). The molecule has 0 aliphatic heterocycles. The summed E-state index contributed by atoms with van der Waals surface area (Å²) < 4.78 is 1.33. The third-order valence-corrected chi connectivity index (χ3v) is 5.48. The summed E-state index contributed by atoms with van der Waals surface area (Å²) in [7, 11) is 0. The van der Waals surface area contributed by atoms with Crippen LogP contribution in [-0.4, -0.2) is 15.7 Å². The van der Waals surface area contributed by atoms with Crippen LogP contribution in [0.5, 0.6) is 0 Å². The first kappa shape index (κ1) is 19.1. The Balaban J connectivity index is 1.69. The topological polar surface area (TPSA) is 64.0 Å². The van der Waals surface area contributed by atoms with E-state index in [4.69, 9.17) is 0 Å². The van der Waals surface area contributed by atoms with Crippen molar-refractivity contribution >= 4 is 11.6 Å². The molecule has 1 heterocycles. The van der Waals surface area contributed by atoms with Gasteiger partial charge in [0.05, 0.1) is 5.69 Å². The van der Waals surface area contributed by atoms with E-state index in [-0.39, 0.29) is 18.0 Å². The first-order chi connectivity index (χ1) is 14.2. The van der Waals surface area contributed by atoms with Crippen LogP contribution in [0.2, 0.25) is 0 Å². The molecule has 1 aliphatic carbocycles. The molecule has 0 saturated carbocycles. The molecule has 5 nitrogen and oxygen atoms in total. The number of para-hydroxylation sites is 1. The molecule has 148 valence electrons. The van der Waals surface area contributed by atoms with E-state index in [1.54, 1.807) is 0 Å². The van der Waals surface area contributed by atoms with Crippen molar-refractivity contribution in [2.75, 3.05) is 5.32 Å². The minimum Gasteiger partial charge on any atom is -0.324 e. The van der Waals surface area contributed by atoms with Crippen LogP contribution in [0.3, 0.4) is 0 Å². The van der Waals surface area contributed by atoms with Gasteiger partial charge in [0.25, 0.3) is 5.56 Å². The van der Waals surface area contributed by atoms with E-state index in [9.17, 15) is 9.59 Å². The molecule has 0 atom stereocenters. The number of aromatic nitrogens is 2. The molecule has 0 fully saturated rings. The van der Waals surface area contributed by atoms with Gasteiger partial charge in [-0.3, -0.25) is 9.59 Å². The molecular weight excluding hydrogens is 362 g/mol. The van der Waals surface area contributed by atoms with Crippen molar-refractivity contribution in [3.8, 4) is 11.3 Å². The first-order valence-electron chi connectivity index (χ1n) is 10.2. The maximum atomic E-state index is 13.0. The Bertz CT molecular complexity index is 1090. The van der Waals surface area contributed by atoms with Crippen LogP contribution in [0.15, 0.2) is 59.4 Å². The summed E-state index contributed by atoms with van der Waals surface area (Å²) in [5, 5.41) is 7.56. The molecule has 1 N–H and O–H groups in total.